The Morgan fingerprint density at radius 3 is 2.58 bits per heavy atom. The molecule has 0 saturated heterocycles. The highest BCUT2D eigenvalue weighted by Gasteiger charge is 2.23. The summed E-state index contributed by atoms with van der Waals surface area (Å²) in [5.74, 6) is 0.107. The van der Waals surface area contributed by atoms with E-state index in [2.05, 4.69) is 0 Å². The average Bonchev–Trinajstić information content (AvgIpc) is 2.08. The van der Waals surface area contributed by atoms with Gasteiger partial charge in [0, 0.05) is 10.7 Å². The van der Waals surface area contributed by atoms with Crippen molar-refractivity contribution >= 4 is 26.8 Å². The quantitative estimate of drug-likeness (QED) is 0.370. The number of sulfone groups is 1. The molecule has 1 unspecified atom stereocenters. The van der Waals surface area contributed by atoms with Crippen molar-refractivity contribution < 1.29 is 30.8 Å². The van der Waals surface area contributed by atoms with Gasteiger partial charge in [0.25, 0.3) is 5.17 Å². The molecule has 1 rings (SSSR count). The third-order valence-corrected chi connectivity index (χ3v) is 3.69. The van der Waals surface area contributed by atoms with Gasteiger partial charge in [-0.25, -0.2) is 8.42 Å². The number of halogens is 1. The summed E-state index contributed by atoms with van der Waals surface area (Å²) in [5, 5.41) is 6.49. The SMILES string of the molecule is NC(=[NH2+])SC1C=CS(=O)(=O)C1.[Br-]. The van der Waals surface area contributed by atoms with Crippen LogP contribution in [0.1, 0.15) is 0 Å². The lowest BCUT2D eigenvalue weighted by atomic mass is 10.5. The van der Waals surface area contributed by atoms with E-state index in [9.17, 15) is 8.42 Å². The molecule has 1 aliphatic heterocycles. The first-order valence-electron chi connectivity index (χ1n) is 2.95. The fraction of sp³-hybridized carbons (Fsp3) is 0.400. The number of nitrogens with two attached hydrogens (primary N) is 2. The van der Waals surface area contributed by atoms with Gasteiger partial charge in [-0.15, -0.1) is 0 Å². The van der Waals surface area contributed by atoms with Crippen molar-refractivity contribution in [3.8, 4) is 0 Å². The van der Waals surface area contributed by atoms with Crippen molar-refractivity contribution in [2.45, 2.75) is 5.25 Å². The molecule has 1 atom stereocenters. The Kier molecular flexibility index (Phi) is 4.29. The van der Waals surface area contributed by atoms with Gasteiger partial charge in [0.15, 0.2) is 9.84 Å². The van der Waals surface area contributed by atoms with Gasteiger partial charge in [0.05, 0.1) is 5.75 Å². The van der Waals surface area contributed by atoms with E-state index in [1.54, 1.807) is 6.08 Å². The zero-order chi connectivity index (χ0) is 8.48. The predicted molar refractivity (Wildman–Crippen MR) is 45.4 cm³/mol. The Hall–Kier alpha value is -0.0100. The van der Waals surface area contributed by atoms with Gasteiger partial charge in [0.2, 0.25) is 0 Å². The highest BCUT2D eigenvalue weighted by atomic mass is 79.9. The van der Waals surface area contributed by atoms with Gasteiger partial charge in [0.1, 0.15) is 0 Å². The first kappa shape index (κ1) is 12.0. The highest BCUT2D eigenvalue weighted by Crippen LogP contribution is 2.19. The van der Waals surface area contributed by atoms with Crippen molar-refractivity contribution in [2.24, 2.45) is 5.73 Å². The van der Waals surface area contributed by atoms with Gasteiger partial charge >= 0.3 is 0 Å². The molecule has 0 bridgehead atoms. The second kappa shape index (κ2) is 4.29. The van der Waals surface area contributed by atoms with E-state index >= 15 is 0 Å². The second-order valence-corrected chi connectivity index (χ2v) is 5.46. The van der Waals surface area contributed by atoms with Crippen molar-refractivity contribution in [2.75, 3.05) is 5.75 Å². The lowest BCUT2D eigenvalue weighted by Crippen LogP contribution is -3.00. The van der Waals surface area contributed by atoms with E-state index < -0.39 is 9.84 Å². The van der Waals surface area contributed by atoms with E-state index in [4.69, 9.17) is 11.1 Å². The van der Waals surface area contributed by atoms with Gasteiger partial charge < -0.3 is 17.0 Å². The third kappa shape index (κ3) is 3.59. The Balaban J connectivity index is 0.00000121. The molecule has 0 amide bonds. The maximum absolute atomic E-state index is 10.8. The lowest BCUT2D eigenvalue weighted by molar-refractivity contribution is -0.110. The first-order chi connectivity index (χ1) is 4.99. The van der Waals surface area contributed by atoms with E-state index in [1.165, 1.54) is 17.2 Å². The van der Waals surface area contributed by atoms with Gasteiger partial charge in [-0.3, -0.25) is 11.1 Å². The molecule has 12 heavy (non-hydrogen) atoms. The monoisotopic (exact) mass is 272 g/mol. The third-order valence-electron chi connectivity index (χ3n) is 1.18. The molecule has 1 aliphatic rings. The number of rotatable bonds is 1. The number of hydrogen-bond acceptors (Lipinski definition) is 3. The smallest absolute Gasteiger partial charge is 0.300 e. The molecule has 0 fully saturated rings. The van der Waals surface area contributed by atoms with Crippen molar-refractivity contribution in [3.63, 3.8) is 0 Å². The van der Waals surface area contributed by atoms with E-state index in [1.807, 2.05) is 0 Å². The molecule has 0 aliphatic carbocycles. The van der Waals surface area contributed by atoms with E-state index in [-0.39, 0.29) is 33.2 Å². The minimum absolute atomic E-state index is 0. The Labute approximate surface area is 85.8 Å². The zero-order valence-electron chi connectivity index (χ0n) is 6.10. The Bertz CT molecular complexity index is 299. The Morgan fingerprint density at radius 2 is 2.25 bits per heavy atom. The van der Waals surface area contributed by atoms with Crippen LogP contribution in [0.5, 0.6) is 0 Å². The molecule has 7 heteroatoms. The first-order valence-corrected chi connectivity index (χ1v) is 5.54. The predicted octanol–water partition coefficient (Wildman–Crippen LogP) is -4.89. The molecule has 0 radical (unpaired) electrons. The fourth-order valence-electron chi connectivity index (χ4n) is 0.796. The molecule has 1 heterocycles. The summed E-state index contributed by atoms with van der Waals surface area (Å²) < 4.78 is 21.7. The number of hydrogen-bond donors (Lipinski definition) is 2. The molecule has 0 aromatic rings. The van der Waals surface area contributed by atoms with E-state index in [0.717, 1.165) is 0 Å². The van der Waals surface area contributed by atoms with Crippen LogP contribution in [0.3, 0.4) is 0 Å². The minimum atomic E-state index is -2.97. The average molecular weight is 273 g/mol. The summed E-state index contributed by atoms with van der Waals surface area (Å²) in [6.45, 7) is 0. The summed E-state index contributed by atoms with van der Waals surface area (Å²) in [4.78, 5) is 0. The lowest BCUT2D eigenvalue weighted by Gasteiger charge is -1.98. The van der Waals surface area contributed by atoms with Crippen molar-refractivity contribution in [1.29, 1.82) is 0 Å². The summed E-state index contributed by atoms with van der Waals surface area (Å²) in [6, 6.07) is 0. The van der Waals surface area contributed by atoms with Gasteiger partial charge in [-0.05, 0) is 11.8 Å². The Morgan fingerprint density at radius 1 is 1.67 bits per heavy atom. The van der Waals surface area contributed by atoms with Crippen LogP contribution >= 0.6 is 11.8 Å². The highest BCUT2D eigenvalue weighted by molar-refractivity contribution is 8.14. The maximum Gasteiger partial charge on any atom is 0.300 e. The molecule has 0 saturated carbocycles. The van der Waals surface area contributed by atoms with Crippen LogP contribution in [-0.2, 0) is 9.84 Å². The van der Waals surface area contributed by atoms with Crippen LogP contribution < -0.4 is 28.1 Å². The zero-order valence-corrected chi connectivity index (χ0v) is 9.32. The fourth-order valence-corrected chi connectivity index (χ4v) is 3.35. The molecule has 70 valence electrons. The van der Waals surface area contributed by atoms with Crippen LogP contribution in [0.4, 0.5) is 0 Å². The molecule has 0 aromatic carbocycles. The maximum atomic E-state index is 10.8. The molecular weight excluding hydrogens is 264 g/mol. The number of amidine groups is 1. The topological polar surface area (TPSA) is 85.8 Å². The van der Waals surface area contributed by atoms with Crippen LogP contribution in [0.25, 0.3) is 0 Å². The van der Waals surface area contributed by atoms with Gasteiger partial charge in [-0.2, -0.15) is 0 Å². The van der Waals surface area contributed by atoms with E-state index in [0.29, 0.717) is 0 Å². The van der Waals surface area contributed by atoms with Crippen molar-refractivity contribution in [1.82, 2.24) is 0 Å². The molecule has 4 nitrogen and oxygen atoms in total. The van der Waals surface area contributed by atoms with Crippen molar-refractivity contribution in [3.05, 3.63) is 11.5 Å². The molecule has 4 N–H and O–H groups in total. The normalized spacial score (nSPS) is 24.8. The molecule has 0 aromatic heterocycles. The molecule has 0 spiro atoms. The summed E-state index contributed by atoms with van der Waals surface area (Å²) >= 11 is 1.17. The van der Waals surface area contributed by atoms with Gasteiger partial charge in [-0.1, -0.05) is 6.08 Å². The second-order valence-electron chi connectivity index (χ2n) is 2.22. The molecular formula is C5H9BrN2O2S2. The summed E-state index contributed by atoms with van der Waals surface area (Å²) in [5.41, 5.74) is 5.19. The number of thioether (sulfide) groups is 1. The minimum Gasteiger partial charge on any atom is -1.00 e. The largest absolute Gasteiger partial charge is 1.00 e. The van der Waals surface area contributed by atoms with Crippen LogP contribution in [-0.4, -0.2) is 24.6 Å². The summed E-state index contributed by atoms with van der Waals surface area (Å²) in [7, 11) is -2.97. The van der Waals surface area contributed by atoms with Crippen LogP contribution in [0.2, 0.25) is 0 Å². The standard InChI is InChI=1S/C5H8N2O2S2.BrH/c6-5(7)10-4-1-2-11(8,9)3-4;/h1-2,4H,3H2,(H3,6,7);1H. The van der Waals surface area contributed by atoms with Crippen LogP contribution in [0.15, 0.2) is 11.5 Å². The van der Waals surface area contributed by atoms with Crippen LogP contribution in [0, 0.1) is 0 Å². The summed E-state index contributed by atoms with van der Waals surface area (Å²) in [6.07, 6.45) is 1.60.